The standard InChI is InChI=1S/C13H17N5O/c1-9-2-3-11(13(15)19)12(6-9)16-4-5-18-8-10(14)7-17-18/h2-3,6-8,16H,4-5,14H2,1H3,(H2,15,19). The third-order valence-electron chi connectivity index (χ3n) is 2.75. The number of hydrogen-bond acceptors (Lipinski definition) is 4. The molecular weight excluding hydrogens is 242 g/mol. The number of anilines is 2. The summed E-state index contributed by atoms with van der Waals surface area (Å²) >= 11 is 0. The lowest BCUT2D eigenvalue weighted by molar-refractivity contribution is 0.100. The zero-order valence-electron chi connectivity index (χ0n) is 10.8. The van der Waals surface area contributed by atoms with Crippen LogP contribution in [-0.4, -0.2) is 22.2 Å². The maximum absolute atomic E-state index is 11.3. The maximum atomic E-state index is 11.3. The minimum absolute atomic E-state index is 0.439. The largest absolute Gasteiger partial charge is 0.396 e. The van der Waals surface area contributed by atoms with Gasteiger partial charge in [-0.15, -0.1) is 0 Å². The number of carbonyl (C=O) groups is 1. The van der Waals surface area contributed by atoms with E-state index in [1.54, 1.807) is 23.1 Å². The Hall–Kier alpha value is -2.50. The molecule has 6 heteroatoms. The van der Waals surface area contributed by atoms with Gasteiger partial charge in [0.05, 0.1) is 24.0 Å². The van der Waals surface area contributed by atoms with Crippen LogP contribution in [0, 0.1) is 6.92 Å². The predicted molar refractivity (Wildman–Crippen MR) is 74.8 cm³/mol. The number of rotatable bonds is 5. The van der Waals surface area contributed by atoms with Crippen molar-refractivity contribution in [1.29, 1.82) is 0 Å². The number of hydrogen-bond donors (Lipinski definition) is 3. The van der Waals surface area contributed by atoms with Gasteiger partial charge >= 0.3 is 0 Å². The van der Waals surface area contributed by atoms with Crippen LogP contribution in [0.4, 0.5) is 11.4 Å². The Morgan fingerprint density at radius 3 is 2.89 bits per heavy atom. The van der Waals surface area contributed by atoms with E-state index in [0.717, 1.165) is 11.3 Å². The van der Waals surface area contributed by atoms with Gasteiger partial charge in [0, 0.05) is 18.4 Å². The molecule has 0 atom stereocenters. The molecule has 0 aliphatic rings. The van der Waals surface area contributed by atoms with Crippen molar-refractivity contribution in [2.75, 3.05) is 17.6 Å². The molecule has 100 valence electrons. The van der Waals surface area contributed by atoms with E-state index in [0.29, 0.717) is 24.3 Å². The Balaban J connectivity index is 2.02. The van der Waals surface area contributed by atoms with Crippen LogP contribution in [0.1, 0.15) is 15.9 Å². The highest BCUT2D eigenvalue weighted by Crippen LogP contribution is 2.16. The van der Waals surface area contributed by atoms with E-state index >= 15 is 0 Å². The summed E-state index contributed by atoms with van der Waals surface area (Å²) < 4.78 is 1.74. The van der Waals surface area contributed by atoms with Crippen LogP contribution < -0.4 is 16.8 Å². The molecule has 1 amide bonds. The highest BCUT2D eigenvalue weighted by molar-refractivity contribution is 5.98. The van der Waals surface area contributed by atoms with Crippen LogP contribution in [-0.2, 0) is 6.54 Å². The molecule has 2 aromatic rings. The van der Waals surface area contributed by atoms with Gasteiger partial charge in [-0.05, 0) is 24.6 Å². The molecule has 0 aliphatic carbocycles. The smallest absolute Gasteiger partial charge is 0.250 e. The van der Waals surface area contributed by atoms with Gasteiger partial charge in [0.15, 0.2) is 0 Å². The van der Waals surface area contributed by atoms with Crippen molar-refractivity contribution < 1.29 is 4.79 Å². The molecule has 0 aliphatic heterocycles. The molecule has 19 heavy (non-hydrogen) atoms. The Bertz CT molecular complexity index is 590. The van der Waals surface area contributed by atoms with Crippen LogP contribution >= 0.6 is 0 Å². The van der Waals surface area contributed by atoms with Gasteiger partial charge < -0.3 is 16.8 Å². The zero-order chi connectivity index (χ0) is 13.8. The van der Waals surface area contributed by atoms with E-state index in [2.05, 4.69) is 10.4 Å². The lowest BCUT2D eigenvalue weighted by Gasteiger charge is -2.11. The van der Waals surface area contributed by atoms with Crippen molar-refractivity contribution >= 4 is 17.3 Å². The number of nitrogen functional groups attached to an aromatic ring is 1. The summed E-state index contributed by atoms with van der Waals surface area (Å²) in [6.45, 7) is 3.25. The summed E-state index contributed by atoms with van der Waals surface area (Å²) in [6.07, 6.45) is 3.36. The summed E-state index contributed by atoms with van der Waals surface area (Å²) in [5, 5.41) is 7.27. The van der Waals surface area contributed by atoms with Crippen molar-refractivity contribution in [1.82, 2.24) is 9.78 Å². The van der Waals surface area contributed by atoms with Crippen LogP contribution in [0.2, 0.25) is 0 Å². The molecule has 2 rings (SSSR count). The molecule has 0 saturated carbocycles. The number of nitrogens with one attached hydrogen (secondary N) is 1. The van der Waals surface area contributed by atoms with Gasteiger partial charge in [-0.1, -0.05) is 6.07 Å². The first kappa shape index (κ1) is 12.9. The molecule has 0 unspecified atom stereocenters. The fourth-order valence-electron chi connectivity index (χ4n) is 1.83. The fraction of sp³-hybridized carbons (Fsp3) is 0.231. The van der Waals surface area contributed by atoms with Crippen molar-refractivity contribution in [3.8, 4) is 0 Å². The summed E-state index contributed by atoms with van der Waals surface area (Å²) in [4.78, 5) is 11.3. The molecule has 1 aromatic heterocycles. The summed E-state index contributed by atoms with van der Waals surface area (Å²) in [5.74, 6) is -0.439. The minimum atomic E-state index is -0.439. The minimum Gasteiger partial charge on any atom is -0.396 e. The molecule has 5 N–H and O–H groups in total. The average Bonchev–Trinajstić information content (AvgIpc) is 2.75. The van der Waals surface area contributed by atoms with E-state index in [-0.39, 0.29) is 0 Å². The maximum Gasteiger partial charge on any atom is 0.250 e. The average molecular weight is 259 g/mol. The fourth-order valence-corrected chi connectivity index (χ4v) is 1.83. The summed E-state index contributed by atoms with van der Waals surface area (Å²) in [5.41, 5.74) is 13.9. The van der Waals surface area contributed by atoms with E-state index in [4.69, 9.17) is 11.5 Å². The lowest BCUT2D eigenvalue weighted by atomic mass is 10.1. The van der Waals surface area contributed by atoms with Gasteiger partial charge in [0.2, 0.25) is 0 Å². The number of nitrogens with two attached hydrogens (primary N) is 2. The molecular formula is C13H17N5O. The molecule has 1 heterocycles. The van der Waals surface area contributed by atoms with Crippen LogP contribution in [0.5, 0.6) is 0 Å². The van der Waals surface area contributed by atoms with E-state index in [9.17, 15) is 4.79 Å². The normalized spacial score (nSPS) is 10.4. The van der Waals surface area contributed by atoms with Crippen molar-refractivity contribution in [3.63, 3.8) is 0 Å². The van der Waals surface area contributed by atoms with Crippen LogP contribution in [0.15, 0.2) is 30.6 Å². The van der Waals surface area contributed by atoms with Crippen LogP contribution in [0.3, 0.4) is 0 Å². The second-order valence-electron chi connectivity index (χ2n) is 4.38. The second kappa shape index (κ2) is 5.43. The highest BCUT2D eigenvalue weighted by atomic mass is 16.1. The first-order chi connectivity index (χ1) is 9.06. The first-order valence-corrected chi connectivity index (χ1v) is 5.98. The topological polar surface area (TPSA) is 99.0 Å². The first-order valence-electron chi connectivity index (χ1n) is 5.98. The van der Waals surface area contributed by atoms with Crippen molar-refractivity contribution in [3.05, 3.63) is 41.7 Å². The number of carbonyl (C=O) groups excluding carboxylic acids is 1. The van der Waals surface area contributed by atoms with E-state index in [1.165, 1.54) is 0 Å². The summed E-state index contributed by atoms with van der Waals surface area (Å²) in [7, 11) is 0. The number of amides is 1. The molecule has 0 fully saturated rings. The number of primary amides is 1. The number of aromatic nitrogens is 2. The van der Waals surface area contributed by atoms with Gasteiger partial charge in [0.25, 0.3) is 5.91 Å². The predicted octanol–water partition coefficient (Wildman–Crippen LogP) is 0.985. The third kappa shape index (κ3) is 3.25. The second-order valence-corrected chi connectivity index (χ2v) is 4.38. The van der Waals surface area contributed by atoms with Gasteiger partial charge in [-0.25, -0.2) is 0 Å². The molecule has 0 bridgehead atoms. The molecule has 6 nitrogen and oxygen atoms in total. The highest BCUT2D eigenvalue weighted by Gasteiger charge is 2.07. The van der Waals surface area contributed by atoms with Gasteiger partial charge in [-0.3, -0.25) is 9.48 Å². The van der Waals surface area contributed by atoms with E-state index < -0.39 is 5.91 Å². The summed E-state index contributed by atoms with van der Waals surface area (Å²) in [6, 6.07) is 5.49. The van der Waals surface area contributed by atoms with Crippen LogP contribution in [0.25, 0.3) is 0 Å². The third-order valence-corrected chi connectivity index (χ3v) is 2.75. The Morgan fingerprint density at radius 1 is 1.47 bits per heavy atom. The van der Waals surface area contributed by atoms with Gasteiger partial charge in [0.1, 0.15) is 0 Å². The molecule has 0 saturated heterocycles. The van der Waals surface area contributed by atoms with Crippen molar-refractivity contribution in [2.24, 2.45) is 5.73 Å². The lowest BCUT2D eigenvalue weighted by Crippen LogP contribution is -2.17. The molecule has 0 spiro atoms. The molecule has 0 radical (unpaired) electrons. The number of aryl methyl sites for hydroxylation is 1. The SMILES string of the molecule is Cc1ccc(C(N)=O)c(NCCn2cc(N)cn2)c1. The zero-order valence-corrected chi connectivity index (χ0v) is 10.8. The molecule has 1 aromatic carbocycles. The Labute approximate surface area is 111 Å². The number of nitrogens with zero attached hydrogens (tertiary/aromatic N) is 2. The quantitative estimate of drug-likeness (QED) is 0.745. The number of benzene rings is 1. The van der Waals surface area contributed by atoms with E-state index in [1.807, 2.05) is 19.1 Å². The monoisotopic (exact) mass is 259 g/mol. The van der Waals surface area contributed by atoms with Crippen molar-refractivity contribution in [2.45, 2.75) is 13.5 Å². The Kier molecular flexibility index (Phi) is 3.70. The van der Waals surface area contributed by atoms with Gasteiger partial charge in [-0.2, -0.15) is 5.10 Å². The Morgan fingerprint density at radius 2 is 2.26 bits per heavy atom.